The van der Waals surface area contributed by atoms with E-state index in [-0.39, 0.29) is 17.9 Å². The number of carbonyl (C=O) groups is 1. The third kappa shape index (κ3) is 5.40. The van der Waals surface area contributed by atoms with Crippen molar-refractivity contribution in [3.8, 4) is 11.5 Å². The van der Waals surface area contributed by atoms with E-state index in [0.717, 1.165) is 18.3 Å². The molecular formula is C17H13F4N5O3. The zero-order valence-electron chi connectivity index (χ0n) is 14.5. The number of alkyl halides is 4. The Balaban J connectivity index is 1.67. The molecule has 0 saturated carbocycles. The van der Waals surface area contributed by atoms with E-state index in [1.807, 2.05) is 0 Å². The number of amides is 1. The minimum atomic E-state index is -3.20. The number of fused-ring (bicyclic) bond motifs is 1. The molecule has 0 saturated heterocycles. The monoisotopic (exact) mass is 411 g/mol. The zero-order valence-corrected chi connectivity index (χ0v) is 14.5. The van der Waals surface area contributed by atoms with E-state index in [0.29, 0.717) is 11.0 Å². The molecule has 0 aliphatic carbocycles. The van der Waals surface area contributed by atoms with E-state index >= 15 is 0 Å². The summed E-state index contributed by atoms with van der Waals surface area (Å²) in [5, 5.41) is 11.4. The highest BCUT2D eigenvalue weighted by molar-refractivity contribution is 5.86. The summed E-state index contributed by atoms with van der Waals surface area (Å²) in [6.07, 6.45) is 1.03. The second-order valence-corrected chi connectivity index (χ2v) is 5.49. The number of halogens is 4. The average molecular weight is 411 g/mol. The molecule has 12 heteroatoms. The maximum Gasteiger partial charge on any atom is 0.387 e. The van der Waals surface area contributed by atoms with Crippen LogP contribution in [0.25, 0.3) is 11.0 Å². The van der Waals surface area contributed by atoms with Gasteiger partial charge >= 0.3 is 13.2 Å². The summed E-state index contributed by atoms with van der Waals surface area (Å²) in [4.78, 5) is 12.0. The lowest BCUT2D eigenvalue weighted by molar-refractivity contribution is -0.121. The number of nitrogens with one attached hydrogen (secondary N) is 1. The SMILES string of the molecule is O=C(Cn1nnc2ccccc21)N/N=C\c1ccc(OC(F)F)cc1OC(F)F. The minimum Gasteiger partial charge on any atom is -0.435 e. The lowest BCUT2D eigenvalue weighted by Crippen LogP contribution is -2.23. The standard InChI is InChI=1S/C17H13F4N5O3/c18-16(19)28-11-6-5-10(14(7-11)29-17(20)21)8-22-24-15(27)9-26-13-4-2-1-3-12(13)23-25-26/h1-8,16-17H,9H2,(H,24,27)/b22-8-. The highest BCUT2D eigenvalue weighted by Gasteiger charge is 2.13. The summed E-state index contributed by atoms with van der Waals surface area (Å²) in [6, 6.07) is 10.2. The van der Waals surface area contributed by atoms with Gasteiger partial charge in [0.05, 0.1) is 11.7 Å². The van der Waals surface area contributed by atoms with Crippen LogP contribution >= 0.6 is 0 Å². The number of para-hydroxylation sites is 1. The fourth-order valence-corrected chi connectivity index (χ4v) is 2.37. The Hall–Kier alpha value is -3.70. The molecule has 2 aromatic carbocycles. The summed E-state index contributed by atoms with van der Waals surface area (Å²) in [7, 11) is 0. The number of ether oxygens (including phenoxy) is 2. The molecule has 1 amide bonds. The third-order valence-corrected chi connectivity index (χ3v) is 3.53. The molecule has 3 rings (SSSR count). The Labute approximate surface area is 160 Å². The molecule has 3 aromatic rings. The Bertz CT molecular complexity index is 1030. The van der Waals surface area contributed by atoms with Crippen molar-refractivity contribution in [1.29, 1.82) is 0 Å². The van der Waals surface area contributed by atoms with Crippen LogP contribution in [-0.2, 0) is 11.3 Å². The predicted octanol–water partition coefficient (Wildman–Crippen LogP) is 2.78. The molecule has 0 aliphatic heterocycles. The van der Waals surface area contributed by atoms with Gasteiger partial charge in [0, 0.05) is 11.6 Å². The molecule has 0 spiro atoms. The van der Waals surface area contributed by atoms with Crippen LogP contribution in [0.2, 0.25) is 0 Å². The van der Waals surface area contributed by atoms with E-state index in [1.54, 1.807) is 24.3 Å². The van der Waals surface area contributed by atoms with E-state index in [4.69, 9.17) is 0 Å². The van der Waals surface area contributed by atoms with Crippen LogP contribution in [-0.4, -0.2) is 40.3 Å². The largest absolute Gasteiger partial charge is 0.435 e. The van der Waals surface area contributed by atoms with Crippen molar-refractivity contribution in [2.24, 2.45) is 5.10 Å². The fraction of sp³-hybridized carbons (Fsp3) is 0.176. The van der Waals surface area contributed by atoms with Gasteiger partial charge in [-0.15, -0.1) is 5.10 Å². The average Bonchev–Trinajstić information content (AvgIpc) is 3.05. The van der Waals surface area contributed by atoms with Crippen LogP contribution in [0.15, 0.2) is 47.6 Å². The smallest absolute Gasteiger partial charge is 0.387 e. The van der Waals surface area contributed by atoms with E-state index < -0.39 is 24.9 Å². The molecule has 0 unspecified atom stereocenters. The summed E-state index contributed by atoms with van der Waals surface area (Å²) < 4.78 is 59.4. The fourth-order valence-electron chi connectivity index (χ4n) is 2.37. The number of carbonyl (C=O) groups excluding carboxylic acids is 1. The first-order valence-corrected chi connectivity index (χ1v) is 8.06. The Kier molecular flexibility index (Phi) is 6.22. The first-order chi connectivity index (χ1) is 13.9. The summed E-state index contributed by atoms with van der Waals surface area (Å²) >= 11 is 0. The van der Waals surface area contributed by atoms with Crippen molar-refractivity contribution >= 4 is 23.2 Å². The van der Waals surface area contributed by atoms with Crippen molar-refractivity contribution in [3.63, 3.8) is 0 Å². The number of rotatable bonds is 8. The lowest BCUT2D eigenvalue weighted by atomic mass is 10.2. The Morgan fingerprint density at radius 2 is 1.90 bits per heavy atom. The number of hydrazone groups is 1. The summed E-state index contributed by atoms with van der Waals surface area (Å²) in [5.41, 5.74) is 3.48. The van der Waals surface area contributed by atoms with Gasteiger partial charge in [-0.1, -0.05) is 17.3 Å². The van der Waals surface area contributed by atoms with Crippen molar-refractivity contribution in [3.05, 3.63) is 48.0 Å². The highest BCUT2D eigenvalue weighted by atomic mass is 19.3. The van der Waals surface area contributed by atoms with E-state index in [2.05, 4.69) is 30.3 Å². The quantitative estimate of drug-likeness (QED) is 0.350. The number of aromatic nitrogens is 3. The zero-order chi connectivity index (χ0) is 20.8. The Morgan fingerprint density at radius 3 is 2.66 bits per heavy atom. The van der Waals surface area contributed by atoms with Gasteiger partial charge in [-0.3, -0.25) is 4.79 Å². The van der Waals surface area contributed by atoms with Crippen LogP contribution < -0.4 is 14.9 Å². The molecular weight excluding hydrogens is 398 g/mol. The molecule has 0 aliphatic rings. The second kappa shape index (κ2) is 8.99. The van der Waals surface area contributed by atoms with E-state index in [9.17, 15) is 22.4 Å². The molecule has 0 atom stereocenters. The molecule has 0 radical (unpaired) electrons. The maximum absolute atomic E-state index is 12.5. The van der Waals surface area contributed by atoms with Gasteiger partial charge in [0.15, 0.2) is 0 Å². The topological polar surface area (TPSA) is 90.6 Å². The molecule has 1 heterocycles. The van der Waals surface area contributed by atoms with Crippen molar-refractivity contribution < 1.29 is 31.8 Å². The molecule has 1 aromatic heterocycles. The van der Waals surface area contributed by atoms with Crippen molar-refractivity contribution in [2.75, 3.05) is 0 Å². The normalized spacial score (nSPS) is 11.5. The first-order valence-electron chi connectivity index (χ1n) is 8.06. The summed E-state index contributed by atoms with van der Waals surface area (Å²) in [5.74, 6) is -1.36. The number of hydrogen-bond acceptors (Lipinski definition) is 6. The van der Waals surface area contributed by atoms with Gasteiger partial charge in [0.1, 0.15) is 23.6 Å². The van der Waals surface area contributed by atoms with Crippen LogP contribution in [0, 0.1) is 0 Å². The van der Waals surface area contributed by atoms with Crippen LogP contribution in [0.4, 0.5) is 17.6 Å². The van der Waals surface area contributed by atoms with Gasteiger partial charge in [-0.25, -0.2) is 10.1 Å². The summed E-state index contributed by atoms with van der Waals surface area (Å²) in [6.45, 7) is -6.50. The minimum absolute atomic E-state index is 0.0124. The van der Waals surface area contributed by atoms with Gasteiger partial charge in [-0.05, 0) is 24.3 Å². The molecule has 152 valence electrons. The van der Waals surface area contributed by atoms with Gasteiger partial charge in [0.25, 0.3) is 5.91 Å². The van der Waals surface area contributed by atoms with E-state index in [1.165, 1.54) is 10.7 Å². The van der Waals surface area contributed by atoms with Crippen LogP contribution in [0.5, 0.6) is 11.5 Å². The van der Waals surface area contributed by atoms with Crippen LogP contribution in [0.3, 0.4) is 0 Å². The molecule has 0 fully saturated rings. The molecule has 1 N–H and O–H groups in total. The van der Waals surface area contributed by atoms with Crippen molar-refractivity contribution in [2.45, 2.75) is 19.8 Å². The predicted molar refractivity (Wildman–Crippen MR) is 93.0 cm³/mol. The maximum atomic E-state index is 12.5. The van der Waals surface area contributed by atoms with Gasteiger partial charge in [0.2, 0.25) is 0 Å². The van der Waals surface area contributed by atoms with Crippen molar-refractivity contribution in [1.82, 2.24) is 20.4 Å². The first kappa shape index (κ1) is 20.0. The lowest BCUT2D eigenvalue weighted by Gasteiger charge is -2.10. The Morgan fingerprint density at radius 1 is 1.14 bits per heavy atom. The van der Waals surface area contributed by atoms with Gasteiger partial charge in [-0.2, -0.15) is 22.7 Å². The number of hydrogen-bond donors (Lipinski definition) is 1. The van der Waals surface area contributed by atoms with Crippen LogP contribution in [0.1, 0.15) is 5.56 Å². The molecule has 29 heavy (non-hydrogen) atoms. The highest BCUT2D eigenvalue weighted by Crippen LogP contribution is 2.26. The van der Waals surface area contributed by atoms with Gasteiger partial charge < -0.3 is 9.47 Å². The molecule has 8 nitrogen and oxygen atoms in total. The third-order valence-electron chi connectivity index (χ3n) is 3.53. The molecule has 0 bridgehead atoms. The number of benzene rings is 2. The number of nitrogens with zero attached hydrogens (tertiary/aromatic N) is 4. The second-order valence-electron chi connectivity index (χ2n) is 5.49.